The first-order valence-electron chi connectivity index (χ1n) is 7.78. The lowest BCUT2D eigenvalue weighted by molar-refractivity contribution is -0.800. The predicted molar refractivity (Wildman–Crippen MR) is 94.5 cm³/mol. The minimum absolute atomic E-state index is 0.0593. The van der Waals surface area contributed by atoms with Crippen LogP contribution in [0.2, 0.25) is 0 Å². The maximum Gasteiger partial charge on any atom is 0.197 e. The van der Waals surface area contributed by atoms with Crippen molar-refractivity contribution < 1.29 is 18.8 Å². The molecule has 4 nitrogen and oxygen atoms in total. The monoisotopic (exact) mass is 322 g/mol. The van der Waals surface area contributed by atoms with Crippen LogP contribution in [0.15, 0.2) is 59.1 Å². The van der Waals surface area contributed by atoms with Crippen LogP contribution >= 0.6 is 0 Å². The van der Waals surface area contributed by atoms with E-state index in [2.05, 4.69) is 0 Å². The number of benzene rings is 2. The molecule has 0 aliphatic rings. The number of hydrogen-bond acceptors (Lipinski definition) is 3. The molecule has 0 amide bonds. The zero-order valence-electron chi connectivity index (χ0n) is 14.0. The summed E-state index contributed by atoms with van der Waals surface area (Å²) in [5, 5.41) is 0.761. The predicted octanol–water partition coefficient (Wildman–Crippen LogP) is 2.79. The molecule has 1 heterocycles. The number of carbonyl (C=O) groups excluding carboxylic acids is 1. The van der Waals surface area contributed by atoms with Gasteiger partial charge >= 0.3 is 0 Å². The molecular formula is C20H20NO3+. The highest BCUT2D eigenvalue weighted by molar-refractivity contribution is 6.18. The molecule has 0 atom stereocenters. The molecular weight excluding hydrogens is 302 g/mol. The van der Waals surface area contributed by atoms with Crippen LogP contribution in [-0.2, 0) is 0 Å². The summed E-state index contributed by atoms with van der Waals surface area (Å²) in [6.45, 7) is 0. The molecule has 3 rings (SSSR count). The Kier molecular flexibility index (Phi) is 4.49. The van der Waals surface area contributed by atoms with Gasteiger partial charge in [-0.2, -0.15) is 0 Å². The highest BCUT2D eigenvalue weighted by Gasteiger charge is 2.21. The molecule has 0 saturated heterocycles. The summed E-state index contributed by atoms with van der Waals surface area (Å²) in [4.78, 5) is 14.2. The van der Waals surface area contributed by atoms with E-state index >= 15 is 0 Å². The number of ether oxygens (including phenoxy) is 1. The SMILES string of the molecule is COc1ccc2oc(/C=C\[NH+](C)C)c(C(=O)c3ccccc3)c2c1. The Balaban J connectivity index is 2.21. The summed E-state index contributed by atoms with van der Waals surface area (Å²) in [5.74, 6) is 1.20. The molecule has 1 aromatic heterocycles. The second kappa shape index (κ2) is 6.72. The van der Waals surface area contributed by atoms with Crippen LogP contribution < -0.4 is 9.64 Å². The maximum atomic E-state index is 13.0. The van der Waals surface area contributed by atoms with Gasteiger partial charge in [0.05, 0.1) is 33.0 Å². The number of methoxy groups -OCH3 is 1. The van der Waals surface area contributed by atoms with Crippen LogP contribution in [0.5, 0.6) is 5.75 Å². The van der Waals surface area contributed by atoms with Gasteiger partial charge in [-0.1, -0.05) is 30.3 Å². The van der Waals surface area contributed by atoms with Gasteiger partial charge in [0.25, 0.3) is 0 Å². The summed E-state index contributed by atoms with van der Waals surface area (Å²) >= 11 is 0. The van der Waals surface area contributed by atoms with Crippen molar-refractivity contribution in [1.29, 1.82) is 0 Å². The molecule has 0 spiro atoms. The van der Waals surface area contributed by atoms with E-state index in [9.17, 15) is 4.79 Å². The molecule has 0 aliphatic carbocycles. The zero-order valence-corrected chi connectivity index (χ0v) is 14.0. The van der Waals surface area contributed by atoms with Crippen LogP contribution in [0.3, 0.4) is 0 Å². The first kappa shape index (κ1) is 16.0. The number of quaternary nitrogens is 1. The lowest BCUT2D eigenvalue weighted by Gasteiger charge is -2.02. The first-order valence-corrected chi connectivity index (χ1v) is 7.78. The fourth-order valence-electron chi connectivity index (χ4n) is 2.55. The Bertz CT molecular complexity index is 892. The molecule has 0 unspecified atom stereocenters. The molecule has 0 bridgehead atoms. The van der Waals surface area contributed by atoms with Crippen molar-refractivity contribution in [2.75, 3.05) is 21.2 Å². The van der Waals surface area contributed by atoms with Gasteiger partial charge in [-0.15, -0.1) is 0 Å². The van der Waals surface area contributed by atoms with Gasteiger partial charge in [-0.25, -0.2) is 0 Å². The van der Waals surface area contributed by atoms with Crippen LogP contribution in [0.1, 0.15) is 21.7 Å². The van der Waals surface area contributed by atoms with E-state index in [1.165, 1.54) is 0 Å². The first-order chi connectivity index (χ1) is 11.6. The van der Waals surface area contributed by atoms with E-state index in [1.54, 1.807) is 7.11 Å². The Morgan fingerprint density at radius 2 is 1.88 bits per heavy atom. The highest BCUT2D eigenvalue weighted by atomic mass is 16.5. The van der Waals surface area contributed by atoms with Crippen LogP contribution in [-0.4, -0.2) is 27.0 Å². The number of furan rings is 1. The van der Waals surface area contributed by atoms with Crippen LogP contribution in [0.25, 0.3) is 17.0 Å². The smallest absolute Gasteiger partial charge is 0.197 e. The van der Waals surface area contributed by atoms with Gasteiger partial charge in [0, 0.05) is 17.0 Å². The summed E-state index contributed by atoms with van der Waals surface area (Å²) in [6, 6.07) is 14.7. The largest absolute Gasteiger partial charge is 0.497 e. The van der Waals surface area contributed by atoms with Gasteiger partial charge < -0.3 is 14.1 Å². The third-order valence-corrected chi connectivity index (χ3v) is 3.75. The Labute approximate surface area is 140 Å². The molecule has 0 fully saturated rings. The zero-order chi connectivity index (χ0) is 17.1. The quantitative estimate of drug-likeness (QED) is 0.735. The van der Waals surface area contributed by atoms with Crippen molar-refractivity contribution in [2.45, 2.75) is 0 Å². The molecule has 1 N–H and O–H groups in total. The fourth-order valence-corrected chi connectivity index (χ4v) is 2.55. The topological polar surface area (TPSA) is 43.9 Å². The molecule has 3 aromatic rings. The van der Waals surface area contributed by atoms with E-state index in [4.69, 9.17) is 9.15 Å². The number of carbonyl (C=O) groups is 1. The molecule has 0 radical (unpaired) electrons. The van der Waals surface area contributed by atoms with Crippen molar-refractivity contribution in [3.63, 3.8) is 0 Å². The molecule has 0 aliphatic heterocycles. The Morgan fingerprint density at radius 3 is 2.54 bits per heavy atom. The van der Waals surface area contributed by atoms with Crippen LogP contribution in [0.4, 0.5) is 0 Å². The van der Waals surface area contributed by atoms with Crippen molar-refractivity contribution in [3.05, 3.63) is 71.6 Å². The average Bonchev–Trinajstić information content (AvgIpc) is 2.97. The summed E-state index contributed by atoms with van der Waals surface area (Å²) < 4.78 is 11.2. The Hall–Kier alpha value is -2.85. The molecule has 4 heteroatoms. The van der Waals surface area contributed by atoms with E-state index in [1.807, 2.05) is 74.9 Å². The second-order valence-electron chi connectivity index (χ2n) is 5.81. The van der Waals surface area contributed by atoms with E-state index in [0.29, 0.717) is 28.2 Å². The minimum atomic E-state index is -0.0593. The summed E-state index contributed by atoms with van der Waals surface area (Å²) in [6.07, 6.45) is 3.79. The van der Waals surface area contributed by atoms with Crippen molar-refractivity contribution in [1.82, 2.24) is 0 Å². The number of rotatable bonds is 5. The minimum Gasteiger partial charge on any atom is -0.497 e. The standard InChI is InChI=1S/C20H19NO3/c1-21(2)12-11-18-19(20(22)14-7-5-4-6-8-14)16-13-15(23-3)9-10-17(16)24-18/h4-13H,1-3H3/p+1/b12-11-. The summed E-state index contributed by atoms with van der Waals surface area (Å²) in [5.41, 5.74) is 1.87. The average molecular weight is 322 g/mol. The van der Waals surface area contributed by atoms with Crippen molar-refractivity contribution in [2.24, 2.45) is 0 Å². The van der Waals surface area contributed by atoms with Gasteiger partial charge in [-0.3, -0.25) is 4.79 Å². The highest BCUT2D eigenvalue weighted by Crippen LogP contribution is 2.31. The van der Waals surface area contributed by atoms with E-state index in [-0.39, 0.29) is 5.78 Å². The van der Waals surface area contributed by atoms with Gasteiger partial charge in [0.1, 0.15) is 17.1 Å². The fraction of sp³-hybridized carbons (Fsp3) is 0.150. The van der Waals surface area contributed by atoms with E-state index in [0.717, 1.165) is 10.3 Å². The number of hydrogen-bond donors (Lipinski definition) is 1. The third-order valence-electron chi connectivity index (χ3n) is 3.75. The molecule has 122 valence electrons. The van der Waals surface area contributed by atoms with Gasteiger partial charge in [0.2, 0.25) is 0 Å². The van der Waals surface area contributed by atoms with Crippen molar-refractivity contribution in [3.8, 4) is 5.75 Å². The third kappa shape index (κ3) is 3.09. The normalized spacial score (nSPS) is 11.5. The van der Waals surface area contributed by atoms with Crippen molar-refractivity contribution >= 4 is 22.8 Å². The maximum absolute atomic E-state index is 13.0. The lowest BCUT2D eigenvalue weighted by Crippen LogP contribution is -3.00. The molecule has 24 heavy (non-hydrogen) atoms. The van der Waals surface area contributed by atoms with E-state index < -0.39 is 0 Å². The number of nitrogens with one attached hydrogen (secondary N) is 1. The molecule has 2 aromatic carbocycles. The second-order valence-corrected chi connectivity index (χ2v) is 5.81. The number of ketones is 1. The molecule has 0 saturated carbocycles. The van der Waals surface area contributed by atoms with Crippen LogP contribution in [0, 0.1) is 0 Å². The van der Waals surface area contributed by atoms with Gasteiger partial charge in [-0.05, 0) is 18.2 Å². The Morgan fingerprint density at radius 1 is 1.12 bits per heavy atom. The lowest BCUT2D eigenvalue weighted by atomic mass is 10.00. The van der Waals surface area contributed by atoms with Gasteiger partial charge in [0.15, 0.2) is 5.78 Å². The summed E-state index contributed by atoms with van der Waals surface area (Å²) in [7, 11) is 5.61. The number of fused-ring (bicyclic) bond motifs is 1.